The van der Waals surface area contributed by atoms with Gasteiger partial charge in [-0.25, -0.2) is 9.78 Å². The van der Waals surface area contributed by atoms with Gasteiger partial charge in [0.25, 0.3) is 0 Å². The predicted octanol–water partition coefficient (Wildman–Crippen LogP) is 7.25. The third-order valence-corrected chi connectivity index (χ3v) is 6.04. The number of halogens is 1. The van der Waals surface area contributed by atoms with Crippen LogP contribution in [-0.4, -0.2) is 15.9 Å². The smallest absolute Gasteiger partial charge is 0.344 e. The van der Waals surface area contributed by atoms with Crippen LogP contribution < -0.4 is 4.74 Å². The molecule has 4 nitrogen and oxygen atoms in total. The van der Waals surface area contributed by atoms with Gasteiger partial charge in [0, 0.05) is 27.6 Å². The van der Waals surface area contributed by atoms with Gasteiger partial charge in [-0.05, 0) is 62.2 Å². The van der Waals surface area contributed by atoms with Crippen molar-refractivity contribution >= 4 is 39.4 Å². The zero-order chi connectivity index (χ0) is 23.1. The highest BCUT2D eigenvalue weighted by atomic mass is 35.5. The van der Waals surface area contributed by atoms with Crippen molar-refractivity contribution < 1.29 is 9.53 Å². The number of pyridine rings is 2. The molecule has 0 saturated heterocycles. The SMILES string of the molecule is Cc1cc(C)c2nc(-c3ccc(Cl)cc3)c(C)c(C(=O)Oc3cccc4cccnc34)c2c1. The van der Waals surface area contributed by atoms with E-state index in [-0.39, 0.29) is 0 Å². The fraction of sp³-hybridized carbons (Fsp3) is 0.107. The maximum absolute atomic E-state index is 13.7. The molecule has 5 rings (SSSR count). The predicted molar refractivity (Wildman–Crippen MR) is 133 cm³/mol. The Hall–Kier alpha value is -3.76. The van der Waals surface area contributed by atoms with E-state index in [1.165, 1.54) is 0 Å². The number of aryl methyl sites for hydroxylation is 2. The maximum atomic E-state index is 13.7. The molecule has 2 heterocycles. The van der Waals surface area contributed by atoms with Crippen LogP contribution in [0.4, 0.5) is 0 Å². The van der Waals surface area contributed by atoms with Gasteiger partial charge in [-0.1, -0.05) is 53.6 Å². The summed E-state index contributed by atoms with van der Waals surface area (Å²) in [4.78, 5) is 23.0. The molecule has 0 N–H and O–H groups in total. The molecule has 0 saturated carbocycles. The molecule has 33 heavy (non-hydrogen) atoms. The number of hydrogen-bond donors (Lipinski definition) is 0. The van der Waals surface area contributed by atoms with Gasteiger partial charge in [-0.3, -0.25) is 4.98 Å². The van der Waals surface area contributed by atoms with Crippen molar-refractivity contribution in [3.63, 3.8) is 0 Å². The Morgan fingerprint density at radius 1 is 0.909 bits per heavy atom. The summed E-state index contributed by atoms with van der Waals surface area (Å²) in [5.74, 6) is -0.00172. The molecule has 2 aromatic heterocycles. The normalized spacial score (nSPS) is 11.2. The molecule has 0 bridgehead atoms. The van der Waals surface area contributed by atoms with Crippen LogP contribution >= 0.6 is 11.6 Å². The summed E-state index contributed by atoms with van der Waals surface area (Å²) in [6, 6.07) is 20.9. The Kier molecular flexibility index (Phi) is 5.31. The lowest BCUT2D eigenvalue weighted by Gasteiger charge is -2.16. The zero-order valence-corrected chi connectivity index (χ0v) is 19.3. The number of nitrogens with zero attached hydrogens (tertiary/aromatic N) is 2. The number of aromatic nitrogens is 2. The number of fused-ring (bicyclic) bond motifs is 2. The van der Waals surface area contributed by atoms with Gasteiger partial charge in [0.05, 0.1) is 16.8 Å². The fourth-order valence-corrected chi connectivity index (χ4v) is 4.40. The second-order valence-electron chi connectivity index (χ2n) is 8.17. The van der Waals surface area contributed by atoms with Crippen LogP contribution in [0.1, 0.15) is 27.0 Å². The molecule has 5 aromatic rings. The first-order chi connectivity index (χ1) is 15.9. The average Bonchev–Trinajstić information content (AvgIpc) is 2.79. The number of hydrogen-bond acceptors (Lipinski definition) is 4. The zero-order valence-electron chi connectivity index (χ0n) is 18.5. The first-order valence-corrected chi connectivity index (χ1v) is 11.0. The molecule has 0 unspecified atom stereocenters. The lowest BCUT2D eigenvalue weighted by Crippen LogP contribution is -2.13. The van der Waals surface area contributed by atoms with Crippen molar-refractivity contribution in [1.29, 1.82) is 0 Å². The number of esters is 1. The summed E-state index contributed by atoms with van der Waals surface area (Å²) in [6.07, 6.45) is 1.69. The number of carbonyl (C=O) groups excluding carboxylic acids is 1. The monoisotopic (exact) mass is 452 g/mol. The van der Waals surface area contributed by atoms with E-state index < -0.39 is 5.97 Å². The molecule has 0 atom stereocenters. The summed E-state index contributed by atoms with van der Waals surface area (Å²) in [5, 5.41) is 2.33. The van der Waals surface area contributed by atoms with Crippen molar-refractivity contribution in [3.8, 4) is 17.0 Å². The topological polar surface area (TPSA) is 52.1 Å². The average molecular weight is 453 g/mol. The third-order valence-electron chi connectivity index (χ3n) is 5.79. The summed E-state index contributed by atoms with van der Waals surface area (Å²) in [7, 11) is 0. The first-order valence-electron chi connectivity index (χ1n) is 10.7. The van der Waals surface area contributed by atoms with Gasteiger partial charge in [0.15, 0.2) is 5.75 Å². The van der Waals surface area contributed by atoms with Gasteiger partial charge in [0.1, 0.15) is 5.52 Å². The summed E-state index contributed by atoms with van der Waals surface area (Å²) >= 11 is 6.10. The summed E-state index contributed by atoms with van der Waals surface area (Å²) < 4.78 is 5.94. The van der Waals surface area contributed by atoms with Gasteiger partial charge in [-0.2, -0.15) is 0 Å². The van der Waals surface area contributed by atoms with Crippen LogP contribution in [0.25, 0.3) is 33.1 Å². The number of carbonyl (C=O) groups is 1. The minimum absolute atomic E-state index is 0.430. The minimum Gasteiger partial charge on any atom is -0.421 e. The van der Waals surface area contributed by atoms with Crippen molar-refractivity contribution in [2.75, 3.05) is 0 Å². The minimum atomic E-state index is -0.432. The Morgan fingerprint density at radius 3 is 2.45 bits per heavy atom. The van der Waals surface area contributed by atoms with Gasteiger partial charge >= 0.3 is 5.97 Å². The standard InChI is InChI=1S/C28H21ClN2O2/c1-16-14-17(2)25-22(15-16)24(18(3)26(31-25)20-9-11-21(29)12-10-20)28(32)33-23-8-4-6-19-7-5-13-30-27(19)23/h4-15H,1-3H3. The Balaban J connectivity index is 1.72. The fourth-order valence-electron chi connectivity index (χ4n) is 4.28. The van der Waals surface area contributed by atoms with Gasteiger partial charge < -0.3 is 4.74 Å². The Bertz CT molecular complexity index is 1540. The highest BCUT2D eigenvalue weighted by molar-refractivity contribution is 6.30. The van der Waals surface area contributed by atoms with Crippen molar-refractivity contribution in [3.05, 3.63) is 100 Å². The van der Waals surface area contributed by atoms with Crippen LogP contribution in [0.2, 0.25) is 5.02 Å². The Morgan fingerprint density at radius 2 is 1.67 bits per heavy atom. The quantitative estimate of drug-likeness (QED) is 0.214. The largest absolute Gasteiger partial charge is 0.421 e. The van der Waals surface area contributed by atoms with Gasteiger partial charge in [-0.15, -0.1) is 0 Å². The number of ether oxygens (including phenoxy) is 1. The van der Waals surface area contributed by atoms with Crippen LogP contribution in [0.15, 0.2) is 72.9 Å². The second-order valence-corrected chi connectivity index (χ2v) is 8.60. The van der Waals surface area contributed by atoms with E-state index in [1.807, 2.05) is 75.4 Å². The highest BCUT2D eigenvalue weighted by Gasteiger charge is 2.22. The lowest BCUT2D eigenvalue weighted by molar-refractivity contribution is 0.0738. The van der Waals surface area contributed by atoms with Gasteiger partial charge in [0.2, 0.25) is 0 Å². The molecule has 0 fully saturated rings. The summed E-state index contributed by atoms with van der Waals surface area (Å²) in [6.45, 7) is 5.93. The molecular weight excluding hydrogens is 432 g/mol. The Labute approximate surface area is 196 Å². The second kappa shape index (κ2) is 8.30. The van der Waals surface area contributed by atoms with E-state index >= 15 is 0 Å². The molecule has 0 aliphatic heterocycles. The van der Waals surface area contributed by atoms with Crippen molar-refractivity contribution in [2.45, 2.75) is 20.8 Å². The van der Waals surface area contributed by atoms with Crippen LogP contribution in [0.3, 0.4) is 0 Å². The highest BCUT2D eigenvalue weighted by Crippen LogP contribution is 2.34. The summed E-state index contributed by atoms with van der Waals surface area (Å²) in [5.41, 5.74) is 6.36. The molecular formula is C28H21ClN2O2. The third kappa shape index (κ3) is 3.83. The van der Waals surface area contributed by atoms with E-state index in [0.29, 0.717) is 21.9 Å². The van der Waals surface area contributed by atoms with E-state index in [0.717, 1.165) is 44.2 Å². The van der Waals surface area contributed by atoms with Crippen LogP contribution in [0.5, 0.6) is 5.75 Å². The van der Waals surface area contributed by atoms with E-state index in [9.17, 15) is 4.79 Å². The molecule has 0 amide bonds. The molecule has 0 radical (unpaired) electrons. The van der Waals surface area contributed by atoms with Crippen molar-refractivity contribution in [1.82, 2.24) is 9.97 Å². The van der Waals surface area contributed by atoms with Crippen LogP contribution in [-0.2, 0) is 0 Å². The maximum Gasteiger partial charge on any atom is 0.344 e. The van der Waals surface area contributed by atoms with E-state index in [1.54, 1.807) is 12.3 Å². The number of rotatable bonds is 3. The number of benzene rings is 3. The first kappa shape index (κ1) is 21.1. The van der Waals surface area contributed by atoms with Crippen LogP contribution in [0, 0.1) is 20.8 Å². The molecule has 0 spiro atoms. The molecule has 162 valence electrons. The number of para-hydroxylation sites is 1. The van der Waals surface area contributed by atoms with E-state index in [2.05, 4.69) is 11.1 Å². The molecule has 0 aliphatic rings. The van der Waals surface area contributed by atoms with Crippen molar-refractivity contribution in [2.24, 2.45) is 0 Å². The molecule has 5 heteroatoms. The van der Waals surface area contributed by atoms with E-state index in [4.69, 9.17) is 21.3 Å². The molecule has 3 aromatic carbocycles. The lowest BCUT2D eigenvalue weighted by atomic mass is 9.95. The molecule has 0 aliphatic carbocycles.